The van der Waals surface area contributed by atoms with Gasteiger partial charge in [0.2, 0.25) is 5.90 Å². The number of fused-ring (bicyclic) bond motifs is 1. The van der Waals surface area contributed by atoms with E-state index in [1.165, 1.54) is 0 Å². The molecule has 5 rings (SSSR count). The first-order valence-electron chi connectivity index (χ1n) is 9.59. The van der Waals surface area contributed by atoms with Crippen LogP contribution in [-0.4, -0.2) is 54.2 Å². The van der Waals surface area contributed by atoms with Gasteiger partial charge in [-0.05, 0) is 13.0 Å². The van der Waals surface area contributed by atoms with Gasteiger partial charge in [-0.25, -0.2) is 9.79 Å². The molecule has 1 saturated carbocycles. The zero-order chi connectivity index (χ0) is 20.2. The molecule has 1 N–H and O–H groups in total. The molecule has 1 spiro atoms. The third-order valence-electron chi connectivity index (χ3n) is 5.42. The van der Waals surface area contributed by atoms with E-state index < -0.39 is 23.9 Å². The number of hydrogen-bond donors (Lipinski definition) is 1. The summed E-state index contributed by atoms with van der Waals surface area (Å²) in [6, 6.07) is 8.00. The summed E-state index contributed by atoms with van der Waals surface area (Å²) >= 11 is 6.36. The Morgan fingerprint density at radius 1 is 1.34 bits per heavy atom. The van der Waals surface area contributed by atoms with E-state index in [0.29, 0.717) is 22.6 Å². The van der Waals surface area contributed by atoms with Crippen molar-refractivity contribution in [3.05, 3.63) is 40.9 Å². The van der Waals surface area contributed by atoms with Gasteiger partial charge in [-0.3, -0.25) is 0 Å². The zero-order valence-electron chi connectivity index (χ0n) is 15.8. The van der Waals surface area contributed by atoms with E-state index in [9.17, 15) is 9.90 Å². The summed E-state index contributed by atoms with van der Waals surface area (Å²) in [5, 5.41) is 12.5. The van der Waals surface area contributed by atoms with E-state index in [-0.39, 0.29) is 24.4 Å². The van der Waals surface area contributed by atoms with Crippen molar-refractivity contribution in [2.45, 2.75) is 43.8 Å². The number of nitrogens with zero attached hydrogens (tertiary/aromatic N) is 1. The van der Waals surface area contributed by atoms with Crippen LogP contribution < -0.4 is 0 Å². The molecule has 1 saturated heterocycles. The molecule has 1 aliphatic carbocycles. The van der Waals surface area contributed by atoms with Crippen LogP contribution in [-0.2, 0) is 23.7 Å². The second-order valence-corrected chi connectivity index (χ2v) is 8.00. The minimum atomic E-state index is -0.827. The number of rotatable bonds is 4. The van der Waals surface area contributed by atoms with Crippen molar-refractivity contribution in [1.29, 1.82) is 0 Å². The quantitative estimate of drug-likeness (QED) is 0.769. The van der Waals surface area contributed by atoms with Crippen molar-refractivity contribution in [1.82, 2.24) is 0 Å². The number of carbonyl (C=O) groups is 1. The van der Waals surface area contributed by atoms with Gasteiger partial charge in [0.15, 0.2) is 11.8 Å². The van der Waals surface area contributed by atoms with E-state index in [1.807, 2.05) is 18.2 Å². The third kappa shape index (κ3) is 3.33. The second-order valence-electron chi connectivity index (χ2n) is 7.59. The van der Waals surface area contributed by atoms with Crippen molar-refractivity contribution in [3.63, 3.8) is 0 Å². The molecular formula is C21H20ClNO6. The Bertz CT molecular complexity index is 1020. The lowest BCUT2D eigenvalue weighted by Gasteiger charge is -2.14. The Labute approximate surface area is 172 Å². The average molecular weight is 418 g/mol. The van der Waals surface area contributed by atoms with E-state index >= 15 is 0 Å². The molecule has 3 aliphatic rings. The molecule has 152 valence electrons. The fourth-order valence-corrected chi connectivity index (χ4v) is 3.96. The maximum atomic E-state index is 12.5. The van der Waals surface area contributed by atoms with Gasteiger partial charge in [-0.2, -0.15) is 0 Å². The predicted octanol–water partition coefficient (Wildman–Crippen LogP) is 3.18. The van der Waals surface area contributed by atoms with Crippen molar-refractivity contribution in [2.24, 2.45) is 4.99 Å². The Hall–Kier alpha value is -2.35. The summed E-state index contributed by atoms with van der Waals surface area (Å²) in [6.45, 7) is 2.26. The molecule has 29 heavy (non-hydrogen) atoms. The summed E-state index contributed by atoms with van der Waals surface area (Å²) < 4.78 is 22.5. The van der Waals surface area contributed by atoms with Crippen LogP contribution in [0.15, 0.2) is 35.3 Å². The van der Waals surface area contributed by atoms with Crippen LogP contribution in [0.3, 0.4) is 0 Å². The van der Waals surface area contributed by atoms with Crippen LogP contribution in [0, 0.1) is 0 Å². The highest BCUT2D eigenvalue weighted by Crippen LogP contribution is 2.45. The minimum Gasteiger partial charge on any atom is -0.506 e. The maximum Gasteiger partial charge on any atom is 0.334 e. The Kier molecular flexibility index (Phi) is 4.42. The zero-order valence-corrected chi connectivity index (χ0v) is 16.5. The average Bonchev–Trinajstić information content (AvgIpc) is 3.18. The number of esters is 1. The molecule has 2 heterocycles. The van der Waals surface area contributed by atoms with E-state index in [4.69, 9.17) is 30.5 Å². The number of benzene rings is 2. The molecule has 8 heteroatoms. The van der Waals surface area contributed by atoms with Gasteiger partial charge >= 0.3 is 5.97 Å². The molecule has 0 aromatic heterocycles. The van der Waals surface area contributed by atoms with Gasteiger partial charge in [0.05, 0.1) is 12.2 Å². The number of aromatic hydroxyl groups is 1. The number of aliphatic imine (C=N–C) groups is 1. The van der Waals surface area contributed by atoms with Crippen molar-refractivity contribution >= 4 is 34.2 Å². The van der Waals surface area contributed by atoms with E-state index in [2.05, 4.69) is 4.99 Å². The summed E-state index contributed by atoms with van der Waals surface area (Å²) in [5.74, 6) is -0.753. The SMILES string of the molecule is C[C@@H]1OC(c2cc(Cl)c3ccccc3c2O)=N[C@@H]1C(=O)OC[C@H]1COC2(CC2)O1. The molecular weight excluding hydrogens is 398 g/mol. The van der Waals surface area contributed by atoms with Gasteiger partial charge < -0.3 is 24.1 Å². The molecule has 2 aromatic rings. The third-order valence-corrected chi connectivity index (χ3v) is 5.73. The molecule has 2 fully saturated rings. The van der Waals surface area contributed by atoms with E-state index in [0.717, 1.165) is 18.2 Å². The minimum absolute atomic E-state index is 0.0104. The highest BCUT2D eigenvalue weighted by Gasteiger charge is 2.52. The summed E-state index contributed by atoms with van der Waals surface area (Å²) in [7, 11) is 0. The van der Waals surface area contributed by atoms with Crippen LogP contribution in [0.5, 0.6) is 5.75 Å². The van der Waals surface area contributed by atoms with Gasteiger partial charge in [-0.15, -0.1) is 0 Å². The molecule has 7 nitrogen and oxygen atoms in total. The maximum absolute atomic E-state index is 12.5. The first kappa shape index (κ1) is 18.7. The lowest BCUT2D eigenvalue weighted by Crippen LogP contribution is -2.32. The standard InChI is InChI=1S/C21H20ClNO6/c1-11-17(20(25)26-9-12-10-27-21(29-12)6-7-21)23-19(28-11)15-8-16(22)13-4-2-3-5-14(13)18(15)24/h2-5,8,11-12,17,24H,6-7,9-10H2,1H3/t11-,12-,17-/m0/s1. The lowest BCUT2D eigenvalue weighted by molar-refractivity contribution is -0.152. The fraction of sp³-hybridized carbons (Fsp3) is 0.429. The first-order chi connectivity index (χ1) is 14.0. The van der Waals surface area contributed by atoms with Crippen LogP contribution in [0.4, 0.5) is 0 Å². The van der Waals surface area contributed by atoms with Gasteiger partial charge in [-0.1, -0.05) is 35.9 Å². The van der Waals surface area contributed by atoms with Crippen LogP contribution in [0.25, 0.3) is 10.8 Å². The molecule has 0 unspecified atom stereocenters. The normalized spacial score (nSPS) is 27.1. The highest BCUT2D eigenvalue weighted by atomic mass is 35.5. The molecule has 0 radical (unpaired) electrons. The fourth-order valence-electron chi connectivity index (χ4n) is 3.68. The molecule has 3 atom stereocenters. The van der Waals surface area contributed by atoms with Crippen molar-refractivity contribution in [2.75, 3.05) is 13.2 Å². The highest BCUT2D eigenvalue weighted by molar-refractivity contribution is 6.36. The van der Waals surface area contributed by atoms with Gasteiger partial charge in [0.25, 0.3) is 0 Å². The number of hydrogen-bond acceptors (Lipinski definition) is 7. The van der Waals surface area contributed by atoms with Crippen LogP contribution in [0.1, 0.15) is 25.3 Å². The lowest BCUT2D eigenvalue weighted by atomic mass is 10.1. The number of carbonyl (C=O) groups excluding carboxylic acids is 1. The summed E-state index contributed by atoms with van der Waals surface area (Å²) in [5.41, 5.74) is 0.346. The second kappa shape index (κ2) is 6.86. The number of ether oxygens (including phenoxy) is 4. The Morgan fingerprint density at radius 2 is 2.10 bits per heavy atom. The molecule has 2 aromatic carbocycles. The Morgan fingerprint density at radius 3 is 2.83 bits per heavy atom. The number of phenols is 1. The first-order valence-corrected chi connectivity index (χ1v) is 9.97. The van der Waals surface area contributed by atoms with Crippen molar-refractivity contribution < 1.29 is 28.8 Å². The van der Waals surface area contributed by atoms with Gasteiger partial charge in [0.1, 0.15) is 24.6 Å². The molecule has 0 bridgehead atoms. The Balaban J connectivity index is 1.33. The summed E-state index contributed by atoms with van der Waals surface area (Å²) in [6.07, 6.45) is 0.982. The largest absolute Gasteiger partial charge is 0.506 e. The van der Waals surface area contributed by atoms with Crippen molar-refractivity contribution in [3.8, 4) is 5.75 Å². The number of halogens is 1. The van der Waals surface area contributed by atoms with E-state index in [1.54, 1.807) is 19.1 Å². The molecule has 0 amide bonds. The number of phenolic OH excluding ortho intramolecular Hbond substituents is 1. The van der Waals surface area contributed by atoms with Crippen LogP contribution >= 0.6 is 11.6 Å². The van der Waals surface area contributed by atoms with Crippen LogP contribution in [0.2, 0.25) is 5.02 Å². The molecule has 2 aliphatic heterocycles. The monoisotopic (exact) mass is 417 g/mol. The summed E-state index contributed by atoms with van der Waals surface area (Å²) in [4.78, 5) is 16.9. The smallest absolute Gasteiger partial charge is 0.334 e. The topological polar surface area (TPSA) is 86.6 Å². The van der Waals surface area contributed by atoms with Gasteiger partial charge in [0, 0.05) is 28.6 Å². The predicted molar refractivity (Wildman–Crippen MR) is 105 cm³/mol.